The Balaban J connectivity index is 2.32. The first kappa shape index (κ1) is 9.86. The predicted molar refractivity (Wildman–Crippen MR) is 61.8 cm³/mol. The van der Waals surface area contributed by atoms with Crippen molar-refractivity contribution < 1.29 is 4.79 Å². The first-order valence-electron chi connectivity index (χ1n) is 4.54. The van der Waals surface area contributed by atoms with E-state index < -0.39 is 0 Å². The fraction of sp³-hybridized carbons (Fsp3) is 0.0909. The first-order valence-corrected chi connectivity index (χ1v) is 5.42. The Morgan fingerprint density at radius 3 is 2.87 bits per heavy atom. The number of rotatable bonds is 3. The second-order valence-corrected chi connectivity index (χ2v) is 3.96. The van der Waals surface area contributed by atoms with Crippen LogP contribution in [0.3, 0.4) is 0 Å². The highest BCUT2D eigenvalue weighted by Crippen LogP contribution is 2.22. The van der Waals surface area contributed by atoms with Gasteiger partial charge in [0.2, 0.25) is 0 Å². The molecule has 0 bridgehead atoms. The predicted octanol–water partition coefficient (Wildman–Crippen LogP) is 3.09. The van der Waals surface area contributed by atoms with Crippen LogP contribution in [0.2, 0.25) is 0 Å². The van der Waals surface area contributed by atoms with Gasteiger partial charge in [-0.3, -0.25) is 4.79 Å². The Morgan fingerprint density at radius 2 is 2.20 bits per heavy atom. The summed E-state index contributed by atoms with van der Waals surface area (Å²) >= 11 is 1.50. The lowest BCUT2D eigenvalue weighted by Crippen LogP contribution is -1.99. The van der Waals surface area contributed by atoms with Crippen molar-refractivity contribution in [2.75, 3.05) is 5.32 Å². The summed E-state index contributed by atoms with van der Waals surface area (Å²) in [6, 6.07) is 7.42. The van der Waals surface area contributed by atoms with Crippen molar-refractivity contribution in [2.45, 2.75) is 6.92 Å². The van der Waals surface area contributed by atoms with Gasteiger partial charge in [0.1, 0.15) is 0 Å². The molecule has 0 aliphatic rings. The van der Waals surface area contributed by atoms with E-state index in [-0.39, 0.29) is 5.78 Å². The maximum Gasteiger partial charge on any atom is 0.187 e. The average molecular weight is 218 g/mol. The van der Waals surface area contributed by atoms with Crippen molar-refractivity contribution in [3.63, 3.8) is 0 Å². The number of benzene rings is 1. The van der Waals surface area contributed by atoms with E-state index in [9.17, 15) is 4.79 Å². The average Bonchev–Trinajstić information content (AvgIpc) is 2.71. The molecule has 3 nitrogen and oxygen atoms in total. The van der Waals surface area contributed by atoms with E-state index in [1.807, 2.05) is 23.6 Å². The third-order valence-corrected chi connectivity index (χ3v) is 2.67. The van der Waals surface area contributed by atoms with Gasteiger partial charge in [-0.25, -0.2) is 4.98 Å². The minimum Gasteiger partial charge on any atom is -0.331 e. The molecule has 0 saturated heterocycles. The molecule has 0 aliphatic heterocycles. The molecule has 0 fully saturated rings. The maximum atomic E-state index is 11.3. The van der Waals surface area contributed by atoms with Crippen LogP contribution in [0.4, 0.5) is 10.8 Å². The molecule has 0 aliphatic carbocycles. The summed E-state index contributed by atoms with van der Waals surface area (Å²) in [5.41, 5.74) is 1.49. The number of nitrogens with one attached hydrogen (secondary N) is 1. The number of hydrogen-bond donors (Lipinski definition) is 1. The van der Waals surface area contributed by atoms with Crippen molar-refractivity contribution in [3.05, 3.63) is 41.4 Å². The van der Waals surface area contributed by atoms with Crippen molar-refractivity contribution in [3.8, 4) is 0 Å². The van der Waals surface area contributed by atoms with E-state index in [4.69, 9.17) is 0 Å². The lowest BCUT2D eigenvalue weighted by Gasteiger charge is -2.06. The molecule has 0 saturated carbocycles. The number of ketones is 1. The van der Waals surface area contributed by atoms with Crippen molar-refractivity contribution >= 4 is 27.9 Å². The SMILES string of the molecule is CC(=O)c1ccccc1Nc1nccs1. The van der Waals surface area contributed by atoms with Crippen LogP contribution in [-0.4, -0.2) is 10.8 Å². The van der Waals surface area contributed by atoms with Gasteiger partial charge in [-0.1, -0.05) is 12.1 Å². The molecule has 4 heteroatoms. The van der Waals surface area contributed by atoms with Gasteiger partial charge in [0.15, 0.2) is 10.9 Å². The van der Waals surface area contributed by atoms with Crippen LogP contribution in [0.5, 0.6) is 0 Å². The van der Waals surface area contributed by atoms with E-state index in [1.165, 1.54) is 11.3 Å². The highest BCUT2D eigenvalue weighted by Gasteiger charge is 2.06. The molecule has 0 unspecified atom stereocenters. The van der Waals surface area contributed by atoms with E-state index in [1.54, 1.807) is 19.2 Å². The minimum absolute atomic E-state index is 0.0506. The molecule has 2 rings (SSSR count). The quantitative estimate of drug-likeness (QED) is 0.805. The van der Waals surface area contributed by atoms with Gasteiger partial charge < -0.3 is 5.32 Å². The second-order valence-electron chi connectivity index (χ2n) is 3.06. The Kier molecular flexibility index (Phi) is 2.78. The third-order valence-electron chi connectivity index (χ3n) is 1.98. The first-order chi connectivity index (χ1) is 7.27. The third kappa shape index (κ3) is 2.22. The minimum atomic E-state index is 0.0506. The molecule has 1 heterocycles. The molecule has 2 aromatic rings. The summed E-state index contributed by atoms with van der Waals surface area (Å²) < 4.78 is 0. The van der Waals surface area contributed by atoms with Gasteiger partial charge in [-0.05, 0) is 19.1 Å². The molecular weight excluding hydrogens is 208 g/mol. The van der Waals surface area contributed by atoms with Gasteiger partial charge in [0, 0.05) is 17.1 Å². The summed E-state index contributed by atoms with van der Waals surface area (Å²) in [7, 11) is 0. The van der Waals surface area contributed by atoms with Crippen LogP contribution < -0.4 is 5.32 Å². The van der Waals surface area contributed by atoms with Crippen LogP contribution in [0.25, 0.3) is 0 Å². The van der Waals surface area contributed by atoms with Gasteiger partial charge in [-0.2, -0.15) is 0 Å². The number of anilines is 2. The van der Waals surface area contributed by atoms with E-state index >= 15 is 0 Å². The molecule has 1 aromatic carbocycles. The summed E-state index contributed by atoms with van der Waals surface area (Å²) in [6.45, 7) is 1.56. The number of Topliss-reactive ketones (excluding diaryl/α,β-unsaturated/α-hetero) is 1. The Morgan fingerprint density at radius 1 is 1.40 bits per heavy atom. The van der Waals surface area contributed by atoms with Gasteiger partial charge >= 0.3 is 0 Å². The van der Waals surface area contributed by atoms with Crippen LogP contribution in [0.15, 0.2) is 35.8 Å². The molecule has 0 atom stereocenters. The summed E-state index contributed by atoms with van der Waals surface area (Å²) in [6.07, 6.45) is 1.73. The number of aromatic nitrogens is 1. The zero-order valence-corrected chi connectivity index (χ0v) is 9.04. The molecule has 15 heavy (non-hydrogen) atoms. The molecule has 1 aromatic heterocycles. The molecule has 0 spiro atoms. The summed E-state index contributed by atoms with van der Waals surface area (Å²) in [5, 5.41) is 5.80. The standard InChI is InChI=1S/C11H10N2OS/c1-8(14)9-4-2-3-5-10(9)13-11-12-6-7-15-11/h2-7H,1H3,(H,12,13). The fourth-order valence-electron chi connectivity index (χ4n) is 1.30. The van der Waals surface area contributed by atoms with Crippen LogP contribution in [0, 0.1) is 0 Å². The molecule has 76 valence electrons. The topological polar surface area (TPSA) is 42.0 Å². The lowest BCUT2D eigenvalue weighted by atomic mass is 10.1. The normalized spacial score (nSPS) is 9.93. The molecule has 0 radical (unpaired) electrons. The van der Waals surface area contributed by atoms with Crippen molar-refractivity contribution in [1.29, 1.82) is 0 Å². The van der Waals surface area contributed by atoms with Crippen LogP contribution in [0.1, 0.15) is 17.3 Å². The fourth-order valence-corrected chi connectivity index (χ4v) is 1.84. The molecule has 1 N–H and O–H groups in total. The number of carbonyl (C=O) groups excluding carboxylic acids is 1. The van der Waals surface area contributed by atoms with E-state index in [0.29, 0.717) is 5.56 Å². The molecular formula is C11H10N2OS. The monoisotopic (exact) mass is 218 g/mol. The Labute approximate surface area is 91.8 Å². The van der Waals surface area contributed by atoms with Gasteiger partial charge in [0.05, 0.1) is 5.69 Å². The van der Waals surface area contributed by atoms with Crippen LogP contribution in [-0.2, 0) is 0 Å². The number of carbonyl (C=O) groups is 1. The molecule has 0 amide bonds. The highest BCUT2D eigenvalue weighted by atomic mass is 32.1. The largest absolute Gasteiger partial charge is 0.331 e. The van der Waals surface area contributed by atoms with Gasteiger partial charge in [-0.15, -0.1) is 11.3 Å². The summed E-state index contributed by atoms with van der Waals surface area (Å²) in [5.74, 6) is 0.0506. The van der Waals surface area contributed by atoms with Crippen molar-refractivity contribution in [2.24, 2.45) is 0 Å². The van der Waals surface area contributed by atoms with Crippen molar-refractivity contribution in [1.82, 2.24) is 4.98 Å². The second kappa shape index (κ2) is 4.23. The Hall–Kier alpha value is -1.68. The van der Waals surface area contributed by atoms with Gasteiger partial charge in [0.25, 0.3) is 0 Å². The summed E-state index contributed by atoms with van der Waals surface area (Å²) in [4.78, 5) is 15.4. The zero-order chi connectivity index (χ0) is 10.7. The van der Waals surface area contributed by atoms with E-state index in [2.05, 4.69) is 10.3 Å². The lowest BCUT2D eigenvalue weighted by molar-refractivity contribution is 0.101. The number of para-hydroxylation sites is 1. The van der Waals surface area contributed by atoms with E-state index in [0.717, 1.165) is 10.8 Å². The maximum absolute atomic E-state index is 11.3. The number of hydrogen-bond acceptors (Lipinski definition) is 4. The zero-order valence-electron chi connectivity index (χ0n) is 8.23. The Bertz CT molecular complexity index is 465. The van der Waals surface area contributed by atoms with Crippen LogP contribution >= 0.6 is 11.3 Å². The highest BCUT2D eigenvalue weighted by molar-refractivity contribution is 7.13. The number of thiazole rings is 1. The number of nitrogens with zero attached hydrogens (tertiary/aromatic N) is 1. The smallest absolute Gasteiger partial charge is 0.187 e.